The highest BCUT2D eigenvalue weighted by atomic mass is 16.4. The molecule has 0 saturated heterocycles. The summed E-state index contributed by atoms with van der Waals surface area (Å²) >= 11 is 0. The predicted octanol–water partition coefficient (Wildman–Crippen LogP) is 3.15. The van der Waals surface area contributed by atoms with Crippen molar-refractivity contribution in [2.45, 2.75) is 44.1 Å². The van der Waals surface area contributed by atoms with Crippen LogP contribution in [0.3, 0.4) is 0 Å². The van der Waals surface area contributed by atoms with E-state index in [0.717, 1.165) is 25.7 Å². The number of aromatic nitrogens is 1. The number of carbonyl (C=O) groups is 3. The van der Waals surface area contributed by atoms with Crippen LogP contribution >= 0.6 is 0 Å². The number of ketones is 1. The molecule has 0 radical (unpaired) electrons. The molecule has 1 saturated carbocycles. The molecule has 2 aromatic rings. The van der Waals surface area contributed by atoms with Gasteiger partial charge >= 0.3 is 5.97 Å². The fourth-order valence-corrected chi connectivity index (χ4v) is 3.42. The molecular weight excluding hydrogens is 332 g/mol. The molecule has 6 nitrogen and oxygen atoms in total. The minimum absolute atomic E-state index is 0.135. The Labute approximate surface area is 151 Å². The summed E-state index contributed by atoms with van der Waals surface area (Å²) in [5.41, 5.74) is 0.169. The van der Waals surface area contributed by atoms with E-state index in [4.69, 9.17) is 0 Å². The summed E-state index contributed by atoms with van der Waals surface area (Å²) in [4.78, 5) is 39.5. The summed E-state index contributed by atoms with van der Waals surface area (Å²) in [6.45, 7) is 0. The van der Waals surface area contributed by atoms with Gasteiger partial charge in [-0.05, 0) is 31.0 Å². The van der Waals surface area contributed by atoms with E-state index in [2.05, 4.69) is 10.3 Å². The molecule has 0 aliphatic heterocycles. The number of benzene rings is 1. The van der Waals surface area contributed by atoms with E-state index in [-0.39, 0.29) is 5.78 Å². The third-order valence-electron chi connectivity index (χ3n) is 4.99. The van der Waals surface area contributed by atoms with Crippen molar-refractivity contribution in [1.29, 1.82) is 0 Å². The molecule has 3 rings (SSSR count). The van der Waals surface area contributed by atoms with Crippen LogP contribution < -0.4 is 5.32 Å². The molecule has 1 aliphatic carbocycles. The second-order valence-corrected chi connectivity index (χ2v) is 6.76. The van der Waals surface area contributed by atoms with Crippen LogP contribution in [0.5, 0.6) is 0 Å². The minimum Gasteiger partial charge on any atom is -0.480 e. The van der Waals surface area contributed by atoms with Gasteiger partial charge in [-0.25, -0.2) is 4.79 Å². The van der Waals surface area contributed by atoms with Crippen molar-refractivity contribution >= 4 is 17.7 Å². The number of carbonyl (C=O) groups excluding carboxylic acids is 2. The van der Waals surface area contributed by atoms with Crippen LogP contribution in [-0.2, 0) is 4.79 Å². The van der Waals surface area contributed by atoms with E-state index in [9.17, 15) is 19.5 Å². The van der Waals surface area contributed by atoms with Gasteiger partial charge in [0, 0.05) is 29.1 Å². The highest BCUT2D eigenvalue weighted by Crippen LogP contribution is 2.28. The number of hydrogen-bond acceptors (Lipinski definition) is 3. The monoisotopic (exact) mass is 354 g/mol. The maximum Gasteiger partial charge on any atom is 0.329 e. The first kappa shape index (κ1) is 17.9. The number of hydrogen-bond donors (Lipinski definition) is 3. The Morgan fingerprint density at radius 2 is 1.50 bits per heavy atom. The number of amides is 1. The molecule has 0 unspecified atom stereocenters. The molecule has 0 bridgehead atoms. The molecule has 6 heteroatoms. The van der Waals surface area contributed by atoms with E-state index >= 15 is 0 Å². The maximum atomic E-state index is 12.6. The highest BCUT2D eigenvalue weighted by molar-refractivity contribution is 6.09. The average molecular weight is 354 g/mol. The third-order valence-corrected chi connectivity index (χ3v) is 4.99. The molecule has 0 spiro atoms. The third kappa shape index (κ3) is 3.69. The van der Waals surface area contributed by atoms with E-state index in [1.165, 1.54) is 0 Å². The van der Waals surface area contributed by atoms with E-state index in [1.807, 2.05) is 0 Å². The van der Waals surface area contributed by atoms with Crippen LogP contribution in [0, 0.1) is 0 Å². The van der Waals surface area contributed by atoms with Crippen molar-refractivity contribution in [2.75, 3.05) is 0 Å². The lowest BCUT2D eigenvalue weighted by molar-refractivity contribution is -0.145. The summed E-state index contributed by atoms with van der Waals surface area (Å²) in [5.74, 6) is -1.54. The topological polar surface area (TPSA) is 99.3 Å². The van der Waals surface area contributed by atoms with Crippen LogP contribution in [0.2, 0.25) is 0 Å². The standard InChI is InChI=1S/C20H22N2O4/c23-17(16-9-12-21-13-16)14-5-7-15(8-6-14)18(24)22-20(19(25)26)10-3-1-2-4-11-20/h5-9,12-13,21H,1-4,10-11H2,(H,22,24)(H,25,26). The van der Waals surface area contributed by atoms with Gasteiger partial charge in [-0.3, -0.25) is 9.59 Å². The van der Waals surface area contributed by atoms with Gasteiger partial charge in [-0.1, -0.05) is 37.8 Å². The van der Waals surface area contributed by atoms with Gasteiger partial charge in [0.1, 0.15) is 5.54 Å². The molecule has 1 aliphatic rings. The first-order valence-electron chi connectivity index (χ1n) is 8.85. The van der Waals surface area contributed by atoms with Gasteiger partial charge < -0.3 is 15.4 Å². The lowest BCUT2D eigenvalue weighted by Crippen LogP contribution is -2.54. The Balaban J connectivity index is 1.75. The zero-order chi connectivity index (χ0) is 18.6. The first-order chi connectivity index (χ1) is 12.5. The largest absolute Gasteiger partial charge is 0.480 e. The number of aliphatic carboxylic acids is 1. The zero-order valence-electron chi connectivity index (χ0n) is 14.5. The molecule has 1 fully saturated rings. The number of carboxylic acid groups (broad SMARTS) is 1. The molecule has 0 atom stereocenters. The molecule has 1 aromatic carbocycles. The Hall–Kier alpha value is -2.89. The Bertz CT molecular complexity index is 786. The number of aromatic amines is 1. The van der Waals surface area contributed by atoms with Crippen molar-refractivity contribution in [3.63, 3.8) is 0 Å². The molecular formula is C20H22N2O4. The van der Waals surface area contributed by atoms with Crippen molar-refractivity contribution in [3.8, 4) is 0 Å². The lowest BCUT2D eigenvalue weighted by atomic mass is 9.89. The number of nitrogens with one attached hydrogen (secondary N) is 2. The number of H-pyrrole nitrogens is 1. The number of rotatable bonds is 5. The van der Waals surface area contributed by atoms with Crippen LogP contribution in [-0.4, -0.2) is 33.3 Å². The van der Waals surface area contributed by atoms with Gasteiger partial charge in [0.25, 0.3) is 5.91 Å². The SMILES string of the molecule is O=C(NC1(C(=O)O)CCCCCC1)c1ccc(C(=O)c2cc[nH]c2)cc1. The summed E-state index contributed by atoms with van der Waals surface area (Å²) in [7, 11) is 0. The van der Waals surface area contributed by atoms with Crippen molar-refractivity contribution in [2.24, 2.45) is 0 Å². The molecule has 3 N–H and O–H groups in total. The molecule has 136 valence electrons. The quantitative estimate of drug-likeness (QED) is 0.567. The average Bonchev–Trinajstić information content (AvgIpc) is 3.08. The maximum absolute atomic E-state index is 12.6. The van der Waals surface area contributed by atoms with Crippen LogP contribution in [0.4, 0.5) is 0 Å². The summed E-state index contributed by atoms with van der Waals surface area (Å²) in [5, 5.41) is 12.4. The second kappa shape index (κ2) is 7.56. The Morgan fingerprint density at radius 3 is 2.04 bits per heavy atom. The smallest absolute Gasteiger partial charge is 0.329 e. The molecule has 1 heterocycles. The van der Waals surface area contributed by atoms with E-state index < -0.39 is 17.4 Å². The Morgan fingerprint density at radius 1 is 0.885 bits per heavy atom. The first-order valence-corrected chi connectivity index (χ1v) is 8.85. The van der Waals surface area contributed by atoms with E-state index in [0.29, 0.717) is 29.5 Å². The second-order valence-electron chi connectivity index (χ2n) is 6.76. The molecule has 1 aromatic heterocycles. The summed E-state index contributed by atoms with van der Waals surface area (Å²) in [6.07, 6.45) is 7.73. The van der Waals surface area contributed by atoms with Crippen molar-refractivity contribution in [1.82, 2.24) is 10.3 Å². The van der Waals surface area contributed by atoms with Crippen molar-refractivity contribution < 1.29 is 19.5 Å². The molecule has 1 amide bonds. The Kier molecular flexibility index (Phi) is 5.21. The fraction of sp³-hybridized carbons (Fsp3) is 0.350. The zero-order valence-corrected chi connectivity index (χ0v) is 14.5. The van der Waals surface area contributed by atoms with Crippen LogP contribution in [0.15, 0.2) is 42.7 Å². The van der Waals surface area contributed by atoms with Crippen LogP contribution in [0.25, 0.3) is 0 Å². The predicted molar refractivity (Wildman–Crippen MR) is 96.2 cm³/mol. The van der Waals surface area contributed by atoms with Gasteiger partial charge in [0.2, 0.25) is 0 Å². The minimum atomic E-state index is -1.20. The normalized spacial score (nSPS) is 16.5. The summed E-state index contributed by atoms with van der Waals surface area (Å²) in [6, 6.07) is 7.98. The van der Waals surface area contributed by atoms with Crippen LogP contribution in [0.1, 0.15) is 64.8 Å². The molecule has 26 heavy (non-hydrogen) atoms. The van der Waals surface area contributed by atoms with Gasteiger partial charge in [0.05, 0.1) is 0 Å². The lowest BCUT2D eigenvalue weighted by Gasteiger charge is -2.29. The fourth-order valence-electron chi connectivity index (χ4n) is 3.42. The van der Waals surface area contributed by atoms with Gasteiger partial charge in [-0.15, -0.1) is 0 Å². The van der Waals surface area contributed by atoms with E-state index in [1.54, 1.807) is 42.7 Å². The van der Waals surface area contributed by atoms with Crippen molar-refractivity contribution in [3.05, 3.63) is 59.4 Å². The number of carboxylic acids is 1. The van der Waals surface area contributed by atoms with Gasteiger partial charge in [-0.2, -0.15) is 0 Å². The highest BCUT2D eigenvalue weighted by Gasteiger charge is 2.40. The summed E-state index contributed by atoms with van der Waals surface area (Å²) < 4.78 is 0. The van der Waals surface area contributed by atoms with Gasteiger partial charge in [0.15, 0.2) is 5.78 Å².